The summed E-state index contributed by atoms with van der Waals surface area (Å²) in [5, 5.41) is 6.21. The summed E-state index contributed by atoms with van der Waals surface area (Å²) in [5.74, 6) is 1.39. The second kappa shape index (κ2) is 10.4. The fourth-order valence-corrected chi connectivity index (χ4v) is 2.73. The van der Waals surface area contributed by atoms with Crippen molar-refractivity contribution in [2.45, 2.75) is 19.9 Å². The molecule has 150 valence electrons. The van der Waals surface area contributed by atoms with E-state index in [0.29, 0.717) is 35.3 Å². The zero-order valence-electron chi connectivity index (χ0n) is 16.2. The van der Waals surface area contributed by atoms with E-state index in [0.717, 1.165) is 11.1 Å². The summed E-state index contributed by atoms with van der Waals surface area (Å²) in [7, 11) is 3.16. The van der Waals surface area contributed by atoms with E-state index in [1.807, 2.05) is 31.2 Å². The third kappa shape index (κ3) is 6.35. The lowest BCUT2D eigenvalue weighted by Gasteiger charge is -2.10. The summed E-state index contributed by atoms with van der Waals surface area (Å²) in [4.78, 5) is 16.3. The molecule has 4 N–H and O–H groups in total. The number of rotatable bonds is 8. The van der Waals surface area contributed by atoms with Crippen molar-refractivity contribution in [1.29, 1.82) is 0 Å². The molecule has 1 amide bonds. The third-order valence-corrected chi connectivity index (χ3v) is 4.25. The molecule has 2 rings (SSSR count). The van der Waals surface area contributed by atoms with Gasteiger partial charge in [0.1, 0.15) is 0 Å². The van der Waals surface area contributed by atoms with Gasteiger partial charge >= 0.3 is 0 Å². The molecule has 0 bridgehead atoms. The molecular formula is C20H25ClN4O3. The normalized spacial score (nSPS) is 11.1. The lowest BCUT2D eigenvalue weighted by Crippen LogP contribution is -2.34. The standard InChI is InChI=1S/C20H25ClN4O3/c1-13-4-6-16(15(21)10-13)25-19(26)8-9-23-20(22)24-12-14-5-7-17(27-2)18(11-14)28-3/h4-7,10-11H,8-9,12H2,1-3H3,(H,25,26)(H3,22,23,24). The van der Waals surface area contributed by atoms with Crippen LogP contribution in [-0.2, 0) is 11.3 Å². The van der Waals surface area contributed by atoms with Crippen LogP contribution in [-0.4, -0.2) is 32.6 Å². The van der Waals surface area contributed by atoms with Crippen molar-refractivity contribution in [2.24, 2.45) is 10.7 Å². The van der Waals surface area contributed by atoms with Gasteiger partial charge in [0.2, 0.25) is 5.91 Å². The average Bonchev–Trinajstić information content (AvgIpc) is 2.68. The summed E-state index contributed by atoms with van der Waals surface area (Å²) < 4.78 is 10.5. The van der Waals surface area contributed by atoms with Crippen LogP contribution in [0.5, 0.6) is 11.5 Å². The number of halogens is 1. The second-order valence-electron chi connectivity index (χ2n) is 6.10. The fraction of sp³-hybridized carbons (Fsp3) is 0.300. The van der Waals surface area contributed by atoms with Crippen molar-refractivity contribution in [3.63, 3.8) is 0 Å². The van der Waals surface area contributed by atoms with E-state index in [-0.39, 0.29) is 18.3 Å². The molecule has 0 aliphatic heterocycles. The van der Waals surface area contributed by atoms with Gasteiger partial charge in [0, 0.05) is 13.0 Å². The Bertz CT molecular complexity index is 855. The smallest absolute Gasteiger partial charge is 0.226 e. The first kappa shape index (κ1) is 21.4. The number of carbonyl (C=O) groups is 1. The number of aliphatic imine (C=N–C) groups is 1. The van der Waals surface area contributed by atoms with Gasteiger partial charge < -0.3 is 25.8 Å². The molecule has 0 aromatic heterocycles. The number of ether oxygens (including phenoxy) is 2. The van der Waals surface area contributed by atoms with Crippen LogP contribution in [0.1, 0.15) is 17.5 Å². The third-order valence-electron chi connectivity index (χ3n) is 3.94. The minimum atomic E-state index is -0.161. The number of benzene rings is 2. The molecule has 0 atom stereocenters. The van der Waals surface area contributed by atoms with Crippen molar-refractivity contribution in [1.82, 2.24) is 5.32 Å². The van der Waals surface area contributed by atoms with Gasteiger partial charge in [-0.2, -0.15) is 0 Å². The molecule has 0 unspecified atom stereocenters. The molecule has 2 aromatic carbocycles. The Morgan fingerprint density at radius 3 is 2.57 bits per heavy atom. The topological polar surface area (TPSA) is 98.0 Å². The molecule has 2 aromatic rings. The van der Waals surface area contributed by atoms with E-state index in [9.17, 15) is 4.79 Å². The Morgan fingerprint density at radius 2 is 1.89 bits per heavy atom. The molecule has 28 heavy (non-hydrogen) atoms. The van der Waals surface area contributed by atoms with E-state index in [2.05, 4.69) is 15.6 Å². The van der Waals surface area contributed by atoms with Gasteiger partial charge in [0.25, 0.3) is 0 Å². The minimum absolute atomic E-state index is 0.161. The molecule has 0 aliphatic carbocycles. The molecule has 7 nitrogen and oxygen atoms in total. The summed E-state index contributed by atoms with van der Waals surface area (Å²) in [6.07, 6.45) is 0.233. The maximum atomic E-state index is 12.0. The Kier molecular flexibility index (Phi) is 7.95. The highest BCUT2D eigenvalue weighted by Crippen LogP contribution is 2.27. The Morgan fingerprint density at radius 1 is 1.14 bits per heavy atom. The van der Waals surface area contributed by atoms with E-state index >= 15 is 0 Å². The first-order chi connectivity index (χ1) is 13.4. The zero-order chi connectivity index (χ0) is 20.5. The van der Waals surface area contributed by atoms with Gasteiger partial charge in [-0.25, -0.2) is 4.99 Å². The Balaban J connectivity index is 1.80. The largest absolute Gasteiger partial charge is 0.493 e. The van der Waals surface area contributed by atoms with E-state index in [1.165, 1.54) is 0 Å². The molecule has 0 saturated heterocycles. The highest BCUT2D eigenvalue weighted by Gasteiger charge is 2.07. The maximum absolute atomic E-state index is 12.0. The van der Waals surface area contributed by atoms with Crippen molar-refractivity contribution < 1.29 is 14.3 Å². The van der Waals surface area contributed by atoms with E-state index in [4.69, 9.17) is 26.8 Å². The van der Waals surface area contributed by atoms with Crippen molar-refractivity contribution in [3.8, 4) is 11.5 Å². The van der Waals surface area contributed by atoms with Crippen LogP contribution in [0.4, 0.5) is 5.69 Å². The predicted octanol–water partition coefficient (Wildman–Crippen LogP) is 3.10. The molecular weight excluding hydrogens is 380 g/mol. The molecule has 0 aliphatic rings. The van der Waals surface area contributed by atoms with Gasteiger partial charge in [0.15, 0.2) is 17.5 Å². The number of methoxy groups -OCH3 is 2. The molecule has 0 heterocycles. The number of hydrogen-bond acceptors (Lipinski definition) is 4. The predicted molar refractivity (Wildman–Crippen MR) is 112 cm³/mol. The van der Waals surface area contributed by atoms with Gasteiger partial charge in [-0.05, 0) is 42.3 Å². The van der Waals surface area contributed by atoms with Crippen molar-refractivity contribution in [2.75, 3.05) is 26.1 Å². The number of anilines is 1. The number of aryl methyl sites for hydroxylation is 1. The lowest BCUT2D eigenvalue weighted by atomic mass is 10.2. The highest BCUT2D eigenvalue weighted by atomic mass is 35.5. The average molecular weight is 405 g/mol. The number of nitrogens with zero attached hydrogens (tertiary/aromatic N) is 1. The number of guanidine groups is 1. The Labute approximate surface area is 169 Å². The van der Waals surface area contributed by atoms with Crippen LogP contribution in [0.2, 0.25) is 5.02 Å². The van der Waals surface area contributed by atoms with Crippen molar-refractivity contribution in [3.05, 3.63) is 52.5 Å². The van der Waals surface area contributed by atoms with Crippen LogP contribution in [0.25, 0.3) is 0 Å². The second-order valence-corrected chi connectivity index (χ2v) is 6.51. The van der Waals surface area contributed by atoms with Crippen LogP contribution in [0, 0.1) is 6.92 Å². The molecule has 0 radical (unpaired) electrons. The van der Waals surface area contributed by atoms with Gasteiger partial charge in [-0.3, -0.25) is 4.79 Å². The molecule has 0 saturated carbocycles. The minimum Gasteiger partial charge on any atom is -0.493 e. The SMILES string of the molecule is COc1ccc(CN=C(N)NCCC(=O)Nc2ccc(C)cc2Cl)cc1OC. The summed E-state index contributed by atoms with van der Waals surface area (Å²) >= 11 is 6.11. The van der Waals surface area contributed by atoms with Crippen LogP contribution < -0.4 is 25.8 Å². The first-order valence-electron chi connectivity index (χ1n) is 8.73. The van der Waals surface area contributed by atoms with E-state index in [1.54, 1.807) is 26.4 Å². The Hall–Kier alpha value is -2.93. The maximum Gasteiger partial charge on any atom is 0.226 e. The van der Waals surface area contributed by atoms with Crippen LogP contribution >= 0.6 is 11.6 Å². The lowest BCUT2D eigenvalue weighted by molar-refractivity contribution is -0.116. The van der Waals surface area contributed by atoms with Crippen LogP contribution in [0.15, 0.2) is 41.4 Å². The van der Waals surface area contributed by atoms with Crippen molar-refractivity contribution >= 4 is 29.2 Å². The van der Waals surface area contributed by atoms with Gasteiger partial charge in [0.05, 0.1) is 31.5 Å². The molecule has 0 spiro atoms. The first-order valence-corrected chi connectivity index (χ1v) is 9.11. The fourth-order valence-electron chi connectivity index (χ4n) is 2.45. The number of nitrogens with one attached hydrogen (secondary N) is 2. The van der Waals surface area contributed by atoms with Gasteiger partial charge in [-0.15, -0.1) is 0 Å². The summed E-state index contributed by atoms with van der Waals surface area (Å²) in [6.45, 7) is 2.67. The van der Waals surface area contributed by atoms with Gasteiger partial charge in [-0.1, -0.05) is 23.7 Å². The number of nitrogens with two attached hydrogens (primary N) is 1. The van der Waals surface area contributed by atoms with E-state index < -0.39 is 0 Å². The summed E-state index contributed by atoms with van der Waals surface area (Å²) in [5.41, 5.74) is 8.40. The molecule has 0 fully saturated rings. The number of amides is 1. The number of carbonyl (C=O) groups excluding carboxylic acids is 1. The quantitative estimate of drug-likeness (QED) is 0.464. The molecule has 8 heteroatoms. The zero-order valence-corrected chi connectivity index (χ0v) is 17.0. The summed E-state index contributed by atoms with van der Waals surface area (Å²) in [6, 6.07) is 11.0. The van der Waals surface area contributed by atoms with Crippen LogP contribution in [0.3, 0.4) is 0 Å². The number of hydrogen-bond donors (Lipinski definition) is 3. The monoisotopic (exact) mass is 404 g/mol. The highest BCUT2D eigenvalue weighted by molar-refractivity contribution is 6.33.